The van der Waals surface area contributed by atoms with E-state index in [1.54, 1.807) is 14.1 Å². The van der Waals surface area contributed by atoms with Crippen LogP contribution in [0.5, 0.6) is 0 Å². The number of carbonyl (C=O) groups is 1. The van der Waals surface area contributed by atoms with E-state index in [-0.39, 0.29) is 4.90 Å². The lowest BCUT2D eigenvalue weighted by molar-refractivity contribution is -0.115. The molecule has 0 aliphatic rings. The molecule has 1 aromatic carbocycles. The molecule has 90 valence electrons. The van der Waals surface area contributed by atoms with Gasteiger partial charge in [-0.1, -0.05) is 0 Å². The van der Waals surface area contributed by atoms with Crippen molar-refractivity contribution in [3.63, 3.8) is 0 Å². The van der Waals surface area contributed by atoms with Crippen LogP contribution in [-0.4, -0.2) is 38.4 Å². The fourth-order valence-corrected chi connectivity index (χ4v) is 1.12. The maximum absolute atomic E-state index is 10.5. The minimum Gasteiger partial charge on any atom is -0.399 e. The normalized spacial score (nSPS) is 9.94. The number of amides is 1. The first-order valence-electron chi connectivity index (χ1n) is 4.22. The molecule has 0 atom stereocenters. The summed E-state index contributed by atoms with van der Waals surface area (Å²) in [6.45, 7) is 0. The van der Waals surface area contributed by atoms with Gasteiger partial charge in [0.05, 0.1) is 4.90 Å². The topological polar surface area (TPSA) is 101 Å². The first-order valence-corrected chi connectivity index (χ1v) is 5.66. The van der Waals surface area contributed by atoms with Gasteiger partial charge in [-0.2, -0.15) is 8.42 Å². The van der Waals surface area contributed by atoms with Crippen molar-refractivity contribution in [2.45, 2.75) is 4.90 Å². The van der Waals surface area contributed by atoms with Gasteiger partial charge in [0.25, 0.3) is 10.1 Å². The third kappa shape index (κ3) is 5.99. The number of rotatable bonds is 2. The number of nitrogens with zero attached hydrogens (tertiary/aromatic N) is 1. The van der Waals surface area contributed by atoms with Crippen LogP contribution < -0.4 is 5.73 Å². The molecule has 1 amide bonds. The predicted octanol–water partition coefficient (Wildman–Crippen LogP) is 0.220. The Hall–Kier alpha value is -1.60. The number of anilines is 1. The van der Waals surface area contributed by atoms with Crippen LogP contribution in [0.1, 0.15) is 0 Å². The Morgan fingerprint density at radius 3 is 1.88 bits per heavy atom. The van der Waals surface area contributed by atoms with E-state index in [9.17, 15) is 13.2 Å². The predicted molar refractivity (Wildman–Crippen MR) is 60.4 cm³/mol. The zero-order chi connectivity index (χ0) is 12.8. The number of nitrogen functional groups attached to an aromatic ring is 1. The Balaban J connectivity index is 0.000000385. The zero-order valence-corrected chi connectivity index (χ0v) is 9.81. The van der Waals surface area contributed by atoms with Gasteiger partial charge in [-0.25, -0.2) is 0 Å². The summed E-state index contributed by atoms with van der Waals surface area (Å²) in [5.41, 5.74) is 5.75. The molecule has 1 rings (SSSR count). The highest BCUT2D eigenvalue weighted by molar-refractivity contribution is 7.85. The fraction of sp³-hybridized carbons (Fsp3) is 0.222. The Morgan fingerprint density at radius 2 is 1.62 bits per heavy atom. The smallest absolute Gasteiger partial charge is 0.294 e. The van der Waals surface area contributed by atoms with Gasteiger partial charge >= 0.3 is 0 Å². The van der Waals surface area contributed by atoms with Gasteiger partial charge in [0, 0.05) is 19.8 Å². The van der Waals surface area contributed by atoms with Gasteiger partial charge in [0.1, 0.15) is 0 Å². The highest BCUT2D eigenvalue weighted by Crippen LogP contribution is 2.10. The standard InChI is InChI=1S/C6H7NO3S.C3H7NO/c7-5-1-3-6(4-2-5)11(8,9)10;1-4(2)3-5/h1-4H,7H2,(H,8,9,10);3H,1-2H3. The van der Waals surface area contributed by atoms with Crippen molar-refractivity contribution < 1.29 is 17.8 Å². The lowest BCUT2D eigenvalue weighted by Crippen LogP contribution is -2.06. The molecular weight excluding hydrogens is 232 g/mol. The maximum Gasteiger partial charge on any atom is 0.294 e. The second kappa shape index (κ2) is 6.09. The molecule has 0 radical (unpaired) electrons. The third-order valence-corrected chi connectivity index (χ3v) is 2.26. The molecule has 0 fully saturated rings. The molecule has 0 saturated carbocycles. The first-order chi connectivity index (χ1) is 7.27. The van der Waals surface area contributed by atoms with E-state index in [1.165, 1.54) is 29.2 Å². The second-order valence-electron chi connectivity index (χ2n) is 3.11. The molecule has 16 heavy (non-hydrogen) atoms. The van der Waals surface area contributed by atoms with Crippen LogP contribution in [0.25, 0.3) is 0 Å². The van der Waals surface area contributed by atoms with E-state index in [1.807, 2.05) is 0 Å². The summed E-state index contributed by atoms with van der Waals surface area (Å²) in [4.78, 5) is 10.7. The summed E-state index contributed by atoms with van der Waals surface area (Å²) in [5.74, 6) is 0. The summed E-state index contributed by atoms with van der Waals surface area (Å²) in [6, 6.07) is 5.29. The van der Waals surface area contributed by atoms with Crippen LogP contribution in [0.15, 0.2) is 29.2 Å². The van der Waals surface area contributed by atoms with Crippen molar-refractivity contribution >= 4 is 22.2 Å². The zero-order valence-electron chi connectivity index (χ0n) is 8.99. The van der Waals surface area contributed by atoms with E-state index < -0.39 is 10.1 Å². The Kier molecular flexibility index (Phi) is 5.48. The molecule has 0 bridgehead atoms. The van der Waals surface area contributed by atoms with E-state index in [0.717, 1.165) is 6.41 Å². The molecule has 0 aliphatic carbocycles. The molecule has 0 heterocycles. The quantitative estimate of drug-likeness (QED) is 0.441. The molecule has 0 aromatic heterocycles. The minimum absolute atomic E-state index is 0.147. The largest absolute Gasteiger partial charge is 0.399 e. The van der Waals surface area contributed by atoms with Crippen LogP contribution in [0, 0.1) is 0 Å². The number of nitrogens with two attached hydrogens (primary N) is 1. The molecule has 0 aliphatic heterocycles. The van der Waals surface area contributed by atoms with E-state index in [0.29, 0.717) is 5.69 Å². The molecule has 0 saturated heterocycles. The van der Waals surface area contributed by atoms with Crippen molar-refractivity contribution in [3.8, 4) is 0 Å². The van der Waals surface area contributed by atoms with Gasteiger partial charge in [-0.15, -0.1) is 0 Å². The summed E-state index contributed by atoms with van der Waals surface area (Å²) in [6.07, 6.45) is 0.750. The molecular formula is C9H14N2O4S. The van der Waals surface area contributed by atoms with Crippen LogP contribution >= 0.6 is 0 Å². The Morgan fingerprint density at radius 1 is 1.25 bits per heavy atom. The fourth-order valence-electron chi connectivity index (χ4n) is 0.640. The van der Waals surface area contributed by atoms with Crippen molar-refractivity contribution in [1.29, 1.82) is 0 Å². The van der Waals surface area contributed by atoms with Crippen LogP contribution in [0.4, 0.5) is 5.69 Å². The van der Waals surface area contributed by atoms with Gasteiger partial charge in [-0.05, 0) is 24.3 Å². The van der Waals surface area contributed by atoms with E-state index >= 15 is 0 Å². The van der Waals surface area contributed by atoms with Gasteiger partial charge < -0.3 is 10.6 Å². The summed E-state index contributed by atoms with van der Waals surface area (Å²) < 4.78 is 29.4. The lowest BCUT2D eigenvalue weighted by atomic mass is 10.3. The van der Waals surface area contributed by atoms with Crippen molar-refractivity contribution in [1.82, 2.24) is 4.90 Å². The van der Waals surface area contributed by atoms with Crippen LogP contribution in [0.2, 0.25) is 0 Å². The minimum atomic E-state index is -4.08. The second-order valence-corrected chi connectivity index (χ2v) is 4.53. The SMILES string of the molecule is CN(C)C=O.Nc1ccc(S(=O)(=O)O)cc1. The van der Waals surface area contributed by atoms with Crippen LogP contribution in [0.3, 0.4) is 0 Å². The number of hydrogen-bond acceptors (Lipinski definition) is 4. The van der Waals surface area contributed by atoms with Crippen molar-refractivity contribution in [3.05, 3.63) is 24.3 Å². The molecule has 1 aromatic rings. The monoisotopic (exact) mass is 246 g/mol. The summed E-state index contributed by atoms with van der Waals surface area (Å²) >= 11 is 0. The molecule has 3 N–H and O–H groups in total. The van der Waals surface area contributed by atoms with Gasteiger partial charge in [0.2, 0.25) is 6.41 Å². The van der Waals surface area contributed by atoms with Crippen LogP contribution in [-0.2, 0) is 14.9 Å². The molecule has 0 spiro atoms. The summed E-state index contributed by atoms with van der Waals surface area (Å²) in [7, 11) is -0.700. The Labute approximate surface area is 94.4 Å². The average molecular weight is 246 g/mol. The molecule has 6 nitrogen and oxygen atoms in total. The average Bonchev–Trinajstić information content (AvgIpc) is 2.18. The van der Waals surface area contributed by atoms with Gasteiger partial charge in [0.15, 0.2) is 0 Å². The van der Waals surface area contributed by atoms with E-state index in [4.69, 9.17) is 10.3 Å². The Bertz CT molecular complexity index is 425. The van der Waals surface area contributed by atoms with Gasteiger partial charge in [-0.3, -0.25) is 9.35 Å². The maximum atomic E-state index is 10.5. The first kappa shape index (κ1) is 14.4. The lowest BCUT2D eigenvalue weighted by Gasteiger charge is -1.95. The summed E-state index contributed by atoms with van der Waals surface area (Å²) in [5, 5.41) is 0. The molecule has 0 unspecified atom stereocenters. The van der Waals surface area contributed by atoms with E-state index in [2.05, 4.69) is 0 Å². The third-order valence-electron chi connectivity index (χ3n) is 1.39. The van der Waals surface area contributed by atoms with Crippen molar-refractivity contribution in [2.24, 2.45) is 0 Å². The number of benzene rings is 1. The number of hydrogen-bond donors (Lipinski definition) is 2. The highest BCUT2D eigenvalue weighted by Gasteiger charge is 2.06. The van der Waals surface area contributed by atoms with Crippen molar-refractivity contribution in [2.75, 3.05) is 19.8 Å². The molecule has 7 heteroatoms. The highest BCUT2D eigenvalue weighted by atomic mass is 32.2. The number of carbonyl (C=O) groups excluding carboxylic acids is 1.